The normalized spacial score (nSPS) is 10.7. The molecule has 0 aliphatic carbocycles. The van der Waals surface area contributed by atoms with Gasteiger partial charge in [-0.1, -0.05) is 30.3 Å². The second-order valence-electron chi connectivity index (χ2n) is 4.85. The van der Waals surface area contributed by atoms with Gasteiger partial charge in [-0.15, -0.1) is 0 Å². The van der Waals surface area contributed by atoms with Crippen molar-refractivity contribution in [2.45, 2.75) is 10.8 Å². The summed E-state index contributed by atoms with van der Waals surface area (Å²) < 4.78 is 25.1. The van der Waals surface area contributed by atoms with Crippen LogP contribution in [-0.4, -0.2) is 26.6 Å². The molecule has 1 amide bonds. The van der Waals surface area contributed by atoms with Gasteiger partial charge in [0.2, 0.25) is 0 Å². The summed E-state index contributed by atoms with van der Waals surface area (Å²) in [5.74, 6) is -2.68. The third kappa shape index (κ3) is 4.36. The molecular formula is C17H12F2N4OS. The van der Waals surface area contributed by atoms with Gasteiger partial charge >= 0.3 is 0 Å². The number of thioether (sulfide) groups is 1. The topological polar surface area (TPSA) is 67.8 Å². The number of amides is 1. The maximum Gasteiger partial charge on any atom is 0.290 e. The third-order valence-electron chi connectivity index (χ3n) is 3.16. The Hall–Kier alpha value is -2.87. The average molecular weight is 358 g/mol. The van der Waals surface area contributed by atoms with Crippen LogP contribution in [0.25, 0.3) is 11.4 Å². The molecule has 8 heteroatoms. The molecule has 5 nitrogen and oxygen atoms in total. The molecule has 3 aromatic rings. The molecule has 0 aliphatic rings. The first-order valence-electron chi connectivity index (χ1n) is 7.22. The number of carbonyl (C=O) groups is 1. The van der Waals surface area contributed by atoms with Gasteiger partial charge < -0.3 is 5.32 Å². The highest BCUT2D eigenvalue weighted by Crippen LogP contribution is 2.26. The molecule has 0 saturated carbocycles. The smallest absolute Gasteiger partial charge is 0.290 e. The standard InChI is InChI=1S/C17H12F2N4OS/c18-17(19)25-16-13(7-4-8-20-16)15(24)23-12-9-21-14(22-10-12)11-5-2-1-3-6-11/h1-10,17H,(H,23,24). The molecule has 0 fully saturated rings. The summed E-state index contributed by atoms with van der Waals surface area (Å²) in [7, 11) is 0. The van der Waals surface area contributed by atoms with Crippen molar-refractivity contribution in [2.75, 3.05) is 5.32 Å². The van der Waals surface area contributed by atoms with Gasteiger partial charge in [0.1, 0.15) is 5.03 Å². The Morgan fingerprint density at radius 3 is 2.40 bits per heavy atom. The molecular weight excluding hydrogens is 346 g/mol. The number of alkyl halides is 2. The Labute approximate surface area is 146 Å². The molecule has 2 heterocycles. The summed E-state index contributed by atoms with van der Waals surface area (Å²) in [6.07, 6.45) is 4.28. The van der Waals surface area contributed by atoms with E-state index in [1.807, 2.05) is 30.3 Å². The van der Waals surface area contributed by atoms with Crippen molar-refractivity contribution in [2.24, 2.45) is 0 Å². The second kappa shape index (κ2) is 7.80. The van der Waals surface area contributed by atoms with E-state index in [9.17, 15) is 13.6 Å². The molecule has 0 aliphatic heterocycles. The van der Waals surface area contributed by atoms with Crippen LogP contribution in [0, 0.1) is 0 Å². The molecule has 1 N–H and O–H groups in total. The van der Waals surface area contributed by atoms with Crippen molar-refractivity contribution in [1.82, 2.24) is 15.0 Å². The van der Waals surface area contributed by atoms with E-state index >= 15 is 0 Å². The fraction of sp³-hybridized carbons (Fsp3) is 0.0588. The molecule has 2 aromatic heterocycles. The number of carbonyl (C=O) groups excluding carboxylic acids is 1. The molecule has 126 valence electrons. The van der Waals surface area contributed by atoms with Crippen LogP contribution in [0.1, 0.15) is 10.4 Å². The summed E-state index contributed by atoms with van der Waals surface area (Å²) in [6.45, 7) is 0. The zero-order valence-corrected chi connectivity index (χ0v) is 13.6. The maximum absolute atomic E-state index is 12.6. The number of hydrogen-bond donors (Lipinski definition) is 1. The number of pyridine rings is 1. The van der Waals surface area contributed by atoms with Crippen molar-refractivity contribution in [3.05, 3.63) is 66.6 Å². The average Bonchev–Trinajstić information content (AvgIpc) is 2.63. The van der Waals surface area contributed by atoms with Crippen LogP contribution < -0.4 is 5.32 Å². The lowest BCUT2D eigenvalue weighted by Crippen LogP contribution is -2.14. The minimum atomic E-state index is -2.66. The fourth-order valence-electron chi connectivity index (χ4n) is 2.07. The molecule has 0 atom stereocenters. The predicted molar refractivity (Wildman–Crippen MR) is 91.5 cm³/mol. The minimum absolute atomic E-state index is 0.0307. The van der Waals surface area contributed by atoms with Crippen molar-refractivity contribution >= 4 is 23.4 Å². The summed E-state index contributed by atoms with van der Waals surface area (Å²) in [6, 6.07) is 12.3. The number of nitrogens with zero attached hydrogens (tertiary/aromatic N) is 3. The Bertz CT molecular complexity index is 860. The molecule has 0 spiro atoms. The number of hydrogen-bond acceptors (Lipinski definition) is 5. The van der Waals surface area contributed by atoms with Gasteiger partial charge in [-0.05, 0) is 23.9 Å². The second-order valence-corrected chi connectivity index (χ2v) is 5.83. The van der Waals surface area contributed by atoms with E-state index in [1.165, 1.54) is 30.7 Å². The van der Waals surface area contributed by atoms with Gasteiger partial charge in [0.25, 0.3) is 11.7 Å². The Morgan fingerprint density at radius 2 is 1.72 bits per heavy atom. The number of anilines is 1. The van der Waals surface area contributed by atoms with E-state index in [0.717, 1.165) is 5.56 Å². The molecule has 0 radical (unpaired) electrons. The minimum Gasteiger partial charge on any atom is -0.319 e. The monoisotopic (exact) mass is 358 g/mol. The summed E-state index contributed by atoms with van der Waals surface area (Å²) >= 11 is 0.227. The largest absolute Gasteiger partial charge is 0.319 e. The van der Waals surface area contributed by atoms with Crippen LogP contribution in [0.5, 0.6) is 0 Å². The van der Waals surface area contributed by atoms with Gasteiger partial charge in [-0.3, -0.25) is 4.79 Å². The van der Waals surface area contributed by atoms with E-state index in [2.05, 4.69) is 20.3 Å². The lowest BCUT2D eigenvalue weighted by molar-refractivity contribution is 0.102. The van der Waals surface area contributed by atoms with E-state index in [0.29, 0.717) is 11.5 Å². The van der Waals surface area contributed by atoms with E-state index in [1.54, 1.807) is 0 Å². The predicted octanol–water partition coefficient (Wildman–Crippen LogP) is 4.11. The zero-order valence-electron chi connectivity index (χ0n) is 12.8. The van der Waals surface area contributed by atoms with Crippen molar-refractivity contribution < 1.29 is 13.6 Å². The first-order chi connectivity index (χ1) is 12.1. The number of halogens is 2. The van der Waals surface area contributed by atoms with Crippen LogP contribution >= 0.6 is 11.8 Å². The van der Waals surface area contributed by atoms with Crippen LogP contribution in [-0.2, 0) is 0 Å². The molecule has 0 saturated heterocycles. The Morgan fingerprint density at radius 1 is 1.00 bits per heavy atom. The number of aromatic nitrogens is 3. The van der Waals surface area contributed by atoms with Crippen molar-refractivity contribution in [3.63, 3.8) is 0 Å². The highest BCUT2D eigenvalue weighted by atomic mass is 32.2. The Balaban J connectivity index is 1.76. The van der Waals surface area contributed by atoms with Gasteiger partial charge in [-0.25, -0.2) is 15.0 Å². The lowest BCUT2D eigenvalue weighted by atomic mass is 10.2. The first kappa shape index (κ1) is 17.0. The maximum atomic E-state index is 12.6. The number of nitrogens with one attached hydrogen (secondary N) is 1. The van der Waals surface area contributed by atoms with Gasteiger partial charge in [0.15, 0.2) is 5.82 Å². The van der Waals surface area contributed by atoms with Crippen molar-refractivity contribution in [1.29, 1.82) is 0 Å². The van der Waals surface area contributed by atoms with E-state index < -0.39 is 11.7 Å². The van der Waals surface area contributed by atoms with E-state index in [4.69, 9.17) is 0 Å². The van der Waals surface area contributed by atoms with Gasteiger partial charge in [-0.2, -0.15) is 8.78 Å². The fourth-order valence-corrected chi connectivity index (χ4v) is 2.65. The van der Waals surface area contributed by atoms with E-state index in [-0.39, 0.29) is 22.4 Å². The molecule has 25 heavy (non-hydrogen) atoms. The highest BCUT2D eigenvalue weighted by molar-refractivity contribution is 7.99. The quantitative estimate of drug-likeness (QED) is 0.695. The number of benzene rings is 1. The van der Waals surface area contributed by atoms with Crippen molar-refractivity contribution in [3.8, 4) is 11.4 Å². The molecule has 3 rings (SSSR count). The lowest BCUT2D eigenvalue weighted by Gasteiger charge is -2.08. The Kier molecular flexibility index (Phi) is 5.30. The summed E-state index contributed by atoms with van der Waals surface area (Å²) in [4.78, 5) is 24.5. The molecule has 0 bridgehead atoms. The van der Waals surface area contributed by atoms with Gasteiger partial charge in [0, 0.05) is 11.8 Å². The van der Waals surface area contributed by atoms with Crippen LogP contribution in [0.4, 0.5) is 14.5 Å². The molecule has 1 aromatic carbocycles. The SMILES string of the molecule is O=C(Nc1cnc(-c2ccccc2)nc1)c1cccnc1SC(F)F. The van der Waals surface area contributed by atoms with Crippen LogP contribution in [0.15, 0.2) is 66.1 Å². The summed E-state index contributed by atoms with van der Waals surface area (Å²) in [5, 5.41) is 2.56. The van der Waals surface area contributed by atoms with Crippen LogP contribution in [0.3, 0.4) is 0 Å². The van der Waals surface area contributed by atoms with Crippen LogP contribution in [0.2, 0.25) is 0 Å². The summed E-state index contributed by atoms with van der Waals surface area (Å²) in [5.41, 5.74) is 1.28. The third-order valence-corrected chi connectivity index (χ3v) is 3.88. The molecule has 0 unspecified atom stereocenters. The van der Waals surface area contributed by atoms with Gasteiger partial charge in [0.05, 0.1) is 23.6 Å². The highest BCUT2D eigenvalue weighted by Gasteiger charge is 2.17. The first-order valence-corrected chi connectivity index (χ1v) is 8.10. The zero-order chi connectivity index (χ0) is 17.6. The number of rotatable bonds is 5.